The van der Waals surface area contributed by atoms with Crippen LogP contribution < -0.4 is 10.6 Å². The number of carbonyl (C=O) groups excluding carboxylic acids is 1. The van der Waals surface area contributed by atoms with Gasteiger partial charge in [0.05, 0.1) is 0 Å². The number of nitrogens with one attached hydrogen (secondary N) is 2. The van der Waals surface area contributed by atoms with Gasteiger partial charge in [-0.1, -0.05) is 12.1 Å². The predicted molar refractivity (Wildman–Crippen MR) is 85.7 cm³/mol. The topological polar surface area (TPSA) is 61.4 Å². The molecule has 3 N–H and O–H groups in total. The molecule has 0 spiro atoms. The van der Waals surface area contributed by atoms with Crippen molar-refractivity contribution in [2.45, 2.75) is 27.3 Å². The maximum atomic E-state index is 11.0. The molecule has 21 heavy (non-hydrogen) atoms. The molecule has 1 amide bonds. The first-order valence-electron chi connectivity index (χ1n) is 6.86. The lowest BCUT2D eigenvalue weighted by Crippen LogP contribution is -2.06. The first kappa shape index (κ1) is 14.9. The molecule has 0 saturated heterocycles. The van der Waals surface area contributed by atoms with Crippen molar-refractivity contribution in [1.82, 2.24) is 0 Å². The summed E-state index contributed by atoms with van der Waals surface area (Å²) < 4.78 is 0. The van der Waals surface area contributed by atoms with Crippen LogP contribution in [0.3, 0.4) is 0 Å². The molecule has 0 aromatic heterocycles. The zero-order valence-corrected chi connectivity index (χ0v) is 12.5. The molecular weight excluding hydrogens is 264 g/mol. The summed E-state index contributed by atoms with van der Waals surface area (Å²) >= 11 is 0. The summed E-state index contributed by atoms with van der Waals surface area (Å²) in [6.07, 6.45) is 0. The van der Waals surface area contributed by atoms with Crippen molar-refractivity contribution in [1.29, 1.82) is 0 Å². The molecule has 4 nitrogen and oxygen atoms in total. The standard InChI is InChI=1S/C17H20N2O2/c1-11-9-17(21)12(2)8-16(11)18-10-14-4-6-15(7-5-14)19-13(3)20/h4-9,18,21H,10H2,1-3H3,(H,19,20). The van der Waals surface area contributed by atoms with Gasteiger partial charge in [-0.2, -0.15) is 0 Å². The molecule has 0 saturated carbocycles. The molecule has 110 valence electrons. The minimum Gasteiger partial charge on any atom is -0.508 e. The van der Waals surface area contributed by atoms with E-state index in [0.717, 1.165) is 28.1 Å². The van der Waals surface area contributed by atoms with Crippen LogP contribution in [0.2, 0.25) is 0 Å². The average Bonchev–Trinajstić information content (AvgIpc) is 2.42. The Balaban J connectivity index is 2.03. The maximum absolute atomic E-state index is 11.0. The van der Waals surface area contributed by atoms with E-state index in [4.69, 9.17) is 0 Å². The zero-order chi connectivity index (χ0) is 15.4. The number of phenols is 1. The number of carbonyl (C=O) groups is 1. The number of hydrogen-bond acceptors (Lipinski definition) is 3. The molecule has 2 aromatic rings. The van der Waals surface area contributed by atoms with E-state index in [-0.39, 0.29) is 5.91 Å². The van der Waals surface area contributed by atoms with Crippen molar-refractivity contribution in [3.63, 3.8) is 0 Å². The zero-order valence-electron chi connectivity index (χ0n) is 12.5. The van der Waals surface area contributed by atoms with Gasteiger partial charge in [-0.3, -0.25) is 4.79 Å². The molecule has 0 atom stereocenters. The Labute approximate surface area is 124 Å². The molecule has 0 aliphatic rings. The summed E-state index contributed by atoms with van der Waals surface area (Å²) in [4.78, 5) is 11.0. The number of benzene rings is 2. The molecule has 0 heterocycles. The van der Waals surface area contributed by atoms with E-state index < -0.39 is 0 Å². The minimum absolute atomic E-state index is 0.0731. The highest BCUT2D eigenvalue weighted by Gasteiger charge is 2.03. The minimum atomic E-state index is -0.0731. The molecule has 0 aliphatic heterocycles. The van der Waals surface area contributed by atoms with Crippen LogP contribution in [0.5, 0.6) is 5.75 Å². The lowest BCUT2D eigenvalue weighted by atomic mass is 10.1. The van der Waals surface area contributed by atoms with Gasteiger partial charge in [0.15, 0.2) is 0 Å². The molecular formula is C17H20N2O2. The number of aryl methyl sites for hydroxylation is 2. The van der Waals surface area contributed by atoms with E-state index in [1.807, 2.05) is 44.2 Å². The van der Waals surface area contributed by atoms with Gasteiger partial charge in [-0.05, 0) is 54.8 Å². The van der Waals surface area contributed by atoms with Crippen LogP contribution in [-0.4, -0.2) is 11.0 Å². The highest BCUT2D eigenvalue weighted by atomic mass is 16.3. The monoisotopic (exact) mass is 284 g/mol. The summed E-state index contributed by atoms with van der Waals surface area (Å²) in [5.74, 6) is 0.244. The largest absolute Gasteiger partial charge is 0.508 e. The van der Waals surface area contributed by atoms with Crippen molar-refractivity contribution >= 4 is 17.3 Å². The quantitative estimate of drug-likeness (QED) is 0.752. The van der Waals surface area contributed by atoms with Crippen molar-refractivity contribution in [3.05, 3.63) is 53.1 Å². The van der Waals surface area contributed by atoms with Gasteiger partial charge in [-0.25, -0.2) is 0 Å². The Kier molecular flexibility index (Phi) is 4.48. The van der Waals surface area contributed by atoms with E-state index in [0.29, 0.717) is 12.3 Å². The Morgan fingerprint density at radius 2 is 1.76 bits per heavy atom. The van der Waals surface area contributed by atoms with E-state index in [2.05, 4.69) is 10.6 Å². The van der Waals surface area contributed by atoms with Crippen LogP contribution in [0.25, 0.3) is 0 Å². The van der Waals surface area contributed by atoms with Crippen LogP contribution in [-0.2, 0) is 11.3 Å². The molecule has 0 radical (unpaired) electrons. The van der Waals surface area contributed by atoms with Crippen LogP contribution in [0.15, 0.2) is 36.4 Å². The summed E-state index contributed by atoms with van der Waals surface area (Å²) in [6.45, 7) is 6.01. The number of amides is 1. The Morgan fingerprint density at radius 1 is 1.10 bits per heavy atom. The van der Waals surface area contributed by atoms with Gasteiger partial charge < -0.3 is 15.7 Å². The van der Waals surface area contributed by atoms with E-state index in [9.17, 15) is 9.90 Å². The van der Waals surface area contributed by atoms with E-state index in [1.54, 1.807) is 6.07 Å². The SMILES string of the molecule is CC(=O)Nc1ccc(CNc2cc(C)c(O)cc2C)cc1. The van der Waals surface area contributed by atoms with E-state index >= 15 is 0 Å². The Morgan fingerprint density at radius 3 is 2.38 bits per heavy atom. The fraction of sp³-hybridized carbons (Fsp3) is 0.235. The predicted octanol–water partition coefficient (Wildman–Crippen LogP) is 3.58. The summed E-state index contributed by atoms with van der Waals surface area (Å²) in [6, 6.07) is 11.4. The van der Waals surface area contributed by atoms with Crippen molar-refractivity contribution in [3.8, 4) is 5.75 Å². The van der Waals surface area contributed by atoms with Crippen LogP contribution in [0.1, 0.15) is 23.6 Å². The number of anilines is 2. The number of aromatic hydroxyl groups is 1. The molecule has 0 aliphatic carbocycles. The fourth-order valence-electron chi connectivity index (χ4n) is 2.10. The molecule has 2 rings (SSSR count). The molecule has 0 fully saturated rings. The first-order valence-corrected chi connectivity index (χ1v) is 6.86. The second-order valence-electron chi connectivity index (χ2n) is 5.19. The Bertz CT molecular complexity index is 649. The number of hydrogen-bond donors (Lipinski definition) is 3. The smallest absolute Gasteiger partial charge is 0.221 e. The highest BCUT2D eigenvalue weighted by Crippen LogP contribution is 2.25. The third-order valence-electron chi connectivity index (χ3n) is 3.30. The first-order chi connectivity index (χ1) is 9.95. The summed E-state index contributed by atoms with van der Waals surface area (Å²) in [5, 5.41) is 15.8. The van der Waals surface area contributed by atoms with Gasteiger partial charge in [0.25, 0.3) is 0 Å². The van der Waals surface area contributed by atoms with Crippen molar-refractivity contribution in [2.75, 3.05) is 10.6 Å². The van der Waals surface area contributed by atoms with Gasteiger partial charge in [0.2, 0.25) is 5.91 Å². The van der Waals surface area contributed by atoms with Crippen molar-refractivity contribution in [2.24, 2.45) is 0 Å². The van der Waals surface area contributed by atoms with Crippen LogP contribution in [0.4, 0.5) is 11.4 Å². The second kappa shape index (κ2) is 6.31. The third-order valence-corrected chi connectivity index (χ3v) is 3.30. The Hall–Kier alpha value is -2.49. The lowest BCUT2D eigenvalue weighted by Gasteiger charge is -2.12. The van der Waals surface area contributed by atoms with Gasteiger partial charge in [-0.15, -0.1) is 0 Å². The van der Waals surface area contributed by atoms with E-state index in [1.165, 1.54) is 6.92 Å². The van der Waals surface area contributed by atoms with Gasteiger partial charge in [0.1, 0.15) is 5.75 Å². The average molecular weight is 284 g/mol. The van der Waals surface area contributed by atoms with Crippen molar-refractivity contribution < 1.29 is 9.90 Å². The number of phenolic OH excluding ortho intramolecular Hbond substituents is 1. The maximum Gasteiger partial charge on any atom is 0.221 e. The molecule has 2 aromatic carbocycles. The molecule has 4 heteroatoms. The molecule has 0 bridgehead atoms. The second-order valence-corrected chi connectivity index (χ2v) is 5.19. The van der Waals surface area contributed by atoms with Crippen LogP contribution >= 0.6 is 0 Å². The van der Waals surface area contributed by atoms with Gasteiger partial charge in [0, 0.05) is 24.8 Å². The normalized spacial score (nSPS) is 10.2. The van der Waals surface area contributed by atoms with Gasteiger partial charge >= 0.3 is 0 Å². The highest BCUT2D eigenvalue weighted by molar-refractivity contribution is 5.88. The summed E-state index contributed by atoms with van der Waals surface area (Å²) in [5.41, 5.74) is 4.78. The fourth-order valence-corrected chi connectivity index (χ4v) is 2.10. The summed E-state index contributed by atoms with van der Waals surface area (Å²) in [7, 11) is 0. The molecule has 0 unspecified atom stereocenters. The lowest BCUT2D eigenvalue weighted by molar-refractivity contribution is -0.114. The third kappa shape index (κ3) is 3.99. The number of rotatable bonds is 4. The van der Waals surface area contributed by atoms with Crippen LogP contribution in [0, 0.1) is 13.8 Å².